The first-order chi connectivity index (χ1) is 7.74. The van der Waals surface area contributed by atoms with E-state index in [1.54, 1.807) is 11.7 Å². The van der Waals surface area contributed by atoms with Crippen LogP contribution in [-0.4, -0.2) is 47.6 Å². The zero-order chi connectivity index (χ0) is 11.8. The number of rotatable bonds is 8. The van der Waals surface area contributed by atoms with Crippen LogP contribution in [0.1, 0.15) is 16.9 Å². The average molecular weight is 228 g/mol. The zero-order valence-electron chi connectivity index (χ0n) is 9.26. The standard InChI is InChI=1S/C10H16N2O4/c1-15-5-6-16-4-2-3-12-7-9(10(13)14)11-8-12/h7-8H,2-6H2,1H3,(H,13,14). The fourth-order valence-corrected chi connectivity index (χ4v) is 1.19. The largest absolute Gasteiger partial charge is 0.476 e. The molecule has 6 nitrogen and oxygen atoms in total. The fourth-order valence-electron chi connectivity index (χ4n) is 1.19. The first-order valence-corrected chi connectivity index (χ1v) is 5.06. The Morgan fingerprint density at radius 2 is 2.31 bits per heavy atom. The minimum atomic E-state index is -1.00. The molecular weight excluding hydrogens is 212 g/mol. The summed E-state index contributed by atoms with van der Waals surface area (Å²) < 4.78 is 11.8. The minimum Gasteiger partial charge on any atom is -0.476 e. The second kappa shape index (κ2) is 6.97. The van der Waals surface area contributed by atoms with E-state index in [0.717, 1.165) is 6.42 Å². The second-order valence-corrected chi connectivity index (χ2v) is 3.26. The third-order valence-electron chi connectivity index (χ3n) is 1.99. The predicted molar refractivity (Wildman–Crippen MR) is 56.5 cm³/mol. The smallest absolute Gasteiger partial charge is 0.356 e. The van der Waals surface area contributed by atoms with E-state index in [-0.39, 0.29) is 5.69 Å². The molecule has 1 aromatic rings. The van der Waals surface area contributed by atoms with Crippen LogP contribution in [0.5, 0.6) is 0 Å². The molecule has 0 aromatic carbocycles. The lowest BCUT2D eigenvalue weighted by Crippen LogP contribution is -2.05. The highest BCUT2D eigenvalue weighted by Gasteiger charge is 2.05. The first-order valence-electron chi connectivity index (χ1n) is 5.06. The molecule has 0 fully saturated rings. The molecule has 0 amide bonds. The molecule has 0 unspecified atom stereocenters. The molecule has 0 aliphatic carbocycles. The molecular formula is C10H16N2O4. The van der Waals surface area contributed by atoms with Crippen molar-refractivity contribution in [3.05, 3.63) is 18.2 Å². The number of carboxylic acids is 1. The van der Waals surface area contributed by atoms with Crippen LogP contribution in [0.15, 0.2) is 12.5 Å². The van der Waals surface area contributed by atoms with E-state index in [1.807, 2.05) is 0 Å². The molecule has 1 heterocycles. The van der Waals surface area contributed by atoms with E-state index in [4.69, 9.17) is 14.6 Å². The molecule has 1 rings (SSSR count). The molecule has 90 valence electrons. The van der Waals surface area contributed by atoms with Gasteiger partial charge >= 0.3 is 5.97 Å². The number of imidazole rings is 1. The Morgan fingerprint density at radius 1 is 1.50 bits per heavy atom. The molecule has 0 saturated carbocycles. The van der Waals surface area contributed by atoms with Crippen LogP contribution in [0, 0.1) is 0 Å². The molecule has 0 radical (unpaired) electrons. The Kier molecular flexibility index (Phi) is 5.52. The molecule has 0 saturated heterocycles. The number of hydrogen-bond donors (Lipinski definition) is 1. The summed E-state index contributed by atoms with van der Waals surface area (Å²) in [5.74, 6) is -1.00. The van der Waals surface area contributed by atoms with Crippen molar-refractivity contribution < 1.29 is 19.4 Å². The maximum absolute atomic E-state index is 10.5. The number of aryl methyl sites for hydroxylation is 1. The monoisotopic (exact) mass is 228 g/mol. The normalized spacial score (nSPS) is 10.6. The maximum atomic E-state index is 10.5. The van der Waals surface area contributed by atoms with Crippen molar-refractivity contribution in [1.82, 2.24) is 9.55 Å². The third kappa shape index (κ3) is 4.41. The van der Waals surface area contributed by atoms with Crippen molar-refractivity contribution in [2.75, 3.05) is 26.9 Å². The van der Waals surface area contributed by atoms with Gasteiger partial charge in [-0.3, -0.25) is 0 Å². The van der Waals surface area contributed by atoms with Gasteiger partial charge < -0.3 is 19.1 Å². The molecule has 16 heavy (non-hydrogen) atoms. The van der Waals surface area contributed by atoms with Crippen LogP contribution in [0.25, 0.3) is 0 Å². The summed E-state index contributed by atoms with van der Waals surface area (Å²) in [5, 5.41) is 8.65. The molecule has 0 aliphatic heterocycles. The van der Waals surface area contributed by atoms with Gasteiger partial charge in [0.1, 0.15) is 0 Å². The van der Waals surface area contributed by atoms with E-state index >= 15 is 0 Å². The Hall–Kier alpha value is -1.40. The molecule has 0 aliphatic rings. The SMILES string of the molecule is COCCOCCCn1cnc(C(=O)O)c1. The molecule has 0 atom stereocenters. The Labute approximate surface area is 93.8 Å². The Bertz CT molecular complexity index is 324. The summed E-state index contributed by atoms with van der Waals surface area (Å²) in [6, 6.07) is 0. The van der Waals surface area contributed by atoms with Gasteiger partial charge in [0.15, 0.2) is 5.69 Å². The van der Waals surface area contributed by atoms with Crippen LogP contribution in [0.3, 0.4) is 0 Å². The van der Waals surface area contributed by atoms with Gasteiger partial charge in [-0.1, -0.05) is 0 Å². The summed E-state index contributed by atoms with van der Waals surface area (Å²) in [5.41, 5.74) is 0.0697. The summed E-state index contributed by atoms with van der Waals surface area (Å²) in [6.07, 6.45) is 3.84. The number of methoxy groups -OCH3 is 1. The van der Waals surface area contributed by atoms with Gasteiger partial charge in [0.05, 0.1) is 19.5 Å². The Morgan fingerprint density at radius 3 is 2.94 bits per heavy atom. The quantitative estimate of drug-likeness (QED) is 0.661. The number of aromatic carboxylic acids is 1. The van der Waals surface area contributed by atoms with Crippen LogP contribution >= 0.6 is 0 Å². The molecule has 1 N–H and O–H groups in total. The predicted octanol–water partition coefficient (Wildman–Crippen LogP) is 0.634. The van der Waals surface area contributed by atoms with E-state index in [2.05, 4.69) is 4.98 Å². The summed E-state index contributed by atoms with van der Waals surface area (Å²) in [4.78, 5) is 14.3. The lowest BCUT2D eigenvalue weighted by atomic mass is 10.4. The van der Waals surface area contributed by atoms with Crippen molar-refractivity contribution in [3.8, 4) is 0 Å². The molecule has 1 aromatic heterocycles. The highest BCUT2D eigenvalue weighted by atomic mass is 16.5. The number of hydrogen-bond acceptors (Lipinski definition) is 4. The first kappa shape index (κ1) is 12.7. The lowest BCUT2D eigenvalue weighted by molar-refractivity contribution is 0.0679. The number of aromatic nitrogens is 2. The number of carboxylic acid groups (broad SMARTS) is 1. The van der Waals surface area contributed by atoms with Gasteiger partial charge in [-0.05, 0) is 6.42 Å². The maximum Gasteiger partial charge on any atom is 0.356 e. The van der Waals surface area contributed by atoms with Gasteiger partial charge in [0, 0.05) is 26.5 Å². The zero-order valence-corrected chi connectivity index (χ0v) is 9.26. The van der Waals surface area contributed by atoms with E-state index < -0.39 is 5.97 Å². The Balaban J connectivity index is 2.14. The van der Waals surface area contributed by atoms with Crippen LogP contribution in [0.4, 0.5) is 0 Å². The van der Waals surface area contributed by atoms with Crippen molar-refractivity contribution in [2.45, 2.75) is 13.0 Å². The van der Waals surface area contributed by atoms with Gasteiger partial charge in [0.25, 0.3) is 0 Å². The third-order valence-corrected chi connectivity index (χ3v) is 1.99. The number of nitrogens with zero attached hydrogens (tertiary/aromatic N) is 2. The number of ether oxygens (including phenoxy) is 2. The number of carbonyl (C=O) groups is 1. The topological polar surface area (TPSA) is 73.6 Å². The fraction of sp³-hybridized carbons (Fsp3) is 0.600. The van der Waals surface area contributed by atoms with Crippen molar-refractivity contribution in [3.63, 3.8) is 0 Å². The molecule has 0 spiro atoms. The lowest BCUT2D eigenvalue weighted by Gasteiger charge is -2.03. The molecule has 6 heteroatoms. The van der Waals surface area contributed by atoms with Gasteiger partial charge in [-0.2, -0.15) is 0 Å². The highest BCUT2D eigenvalue weighted by molar-refractivity contribution is 5.84. The minimum absolute atomic E-state index is 0.0697. The summed E-state index contributed by atoms with van der Waals surface area (Å²) >= 11 is 0. The van der Waals surface area contributed by atoms with E-state index in [9.17, 15) is 4.79 Å². The average Bonchev–Trinajstić information content (AvgIpc) is 2.72. The van der Waals surface area contributed by atoms with E-state index in [1.165, 1.54) is 12.5 Å². The van der Waals surface area contributed by atoms with Crippen molar-refractivity contribution in [2.24, 2.45) is 0 Å². The highest BCUT2D eigenvalue weighted by Crippen LogP contribution is 1.97. The van der Waals surface area contributed by atoms with Crippen molar-refractivity contribution in [1.29, 1.82) is 0 Å². The van der Waals surface area contributed by atoms with Gasteiger partial charge in [-0.25, -0.2) is 9.78 Å². The summed E-state index contributed by atoms with van der Waals surface area (Å²) in [6.45, 7) is 2.51. The van der Waals surface area contributed by atoms with Crippen LogP contribution in [-0.2, 0) is 16.0 Å². The van der Waals surface area contributed by atoms with Crippen LogP contribution < -0.4 is 0 Å². The van der Waals surface area contributed by atoms with Gasteiger partial charge in [0.2, 0.25) is 0 Å². The van der Waals surface area contributed by atoms with Gasteiger partial charge in [-0.15, -0.1) is 0 Å². The summed E-state index contributed by atoms with van der Waals surface area (Å²) in [7, 11) is 1.63. The van der Waals surface area contributed by atoms with Crippen molar-refractivity contribution >= 4 is 5.97 Å². The van der Waals surface area contributed by atoms with E-state index in [0.29, 0.717) is 26.4 Å². The second-order valence-electron chi connectivity index (χ2n) is 3.26. The van der Waals surface area contributed by atoms with Crippen LogP contribution in [0.2, 0.25) is 0 Å². The molecule has 0 bridgehead atoms.